The van der Waals surface area contributed by atoms with Crippen LogP contribution in [0.15, 0.2) is 12.3 Å². The normalized spacial score (nSPS) is 26.1. The van der Waals surface area contributed by atoms with Crippen molar-refractivity contribution in [3.8, 4) is 0 Å². The van der Waals surface area contributed by atoms with Gasteiger partial charge in [-0.2, -0.15) is 0 Å². The third kappa shape index (κ3) is 3.55. The SMILES string of the molecule is CC1CC(N)CN(Cc2cnc(Cl)cc2Cl)C1. The van der Waals surface area contributed by atoms with E-state index in [4.69, 9.17) is 28.9 Å². The van der Waals surface area contributed by atoms with Crippen molar-refractivity contribution in [2.24, 2.45) is 11.7 Å². The first kappa shape index (κ1) is 13.1. The molecule has 2 N–H and O–H groups in total. The molecule has 1 aromatic heterocycles. The summed E-state index contributed by atoms with van der Waals surface area (Å²) in [7, 11) is 0. The largest absolute Gasteiger partial charge is 0.327 e. The van der Waals surface area contributed by atoms with Gasteiger partial charge in [-0.05, 0) is 18.4 Å². The average Bonchev–Trinajstić information content (AvgIpc) is 2.21. The van der Waals surface area contributed by atoms with Crippen LogP contribution in [0.25, 0.3) is 0 Å². The number of hydrogen-bond donors (Lipinski definition) is 1. The van der Waals surface area contributed by atoms with Crippen molar-refractivity contribution >= 4 is 23.2 Å². The van der Waals surface area contributed by atoms with Crippen molar-refractivity contribution in [2.45, 2.75) is 25.9 Å². The minimum Gasteiger partial charge on any atom is -0.327 e. The molecule has 0 spiro atoms. The van der Waals surface area contributed by atoms with E-state index in [0.717, 1.165) is 31.6 Å². The maximum atomic E-state index is 6.14. The van der Waals surface area contributed by atoms with Crippen molar-refractivity contribution in [3.63, 3.8) is 0 Å². The third-order valence-corrected chi connectivity index (χ3v) is 3.62. The van der Waals surface area contributed by atoms with E-state index in [-0.39, 0.29) is 6.04 Å². The van der Waals surface area contributed by atoms with Gasteiger partial charge in [0.15, 0.2) is 0 Å². The van der Waals surface area contributed by atoms with E-state index in [2.05, 4.69) is 16.8 Å². The Morgan fingerprint density at radius 2 is 2.24 bits per heavy atom. The fraction of sp³-hybridized carbons (Fsp3) is 0.583. The van der Waals surface area contributed by atoms with Gasteiger partial charge >= 0.3 is 0 Å². The maximum absolute atomic E-state index is 6.14. The summed E-state index contributed by atoms with van der Waals surface area (Å²) < 4.78 is 0. The maximum Gasteiger partial charge on any atom is 0.130 e. The average molecular weight is 274 g/mol. The molecule has 0 amide bonds. The molecule has 2 rings (SSSR count). The summed E-state index contributed by atoms with van der Waals surface area (Å²) >= 11 is 11.9. The molecule has 0 aliphatic carbocycles. The van der Waals surface area contributed by atoms with E-state index >= 15 is 0 Å². The van der Waals surface area contributed by atoms with Crippen LogP contribution in [0.5, 0.6) is 0 Å². The molecule has 2 atom stereocenters. The minimum atomic E-state index is 0.262. The monoisotopic (exact) mass is 273 g/mol. The zero-order valence-corrected chi connectivity index (χ0v) is 11.4. The van der Waals surface area contributed by atoms with Gasteiger partial charge in [-0.3, -0.25) is 4.90 Å². The molecule has 1 aliphatic heterocycles. The summed E-state index contributed by atoms with van der Waals surface area (Å²) in [5.74, 6) is 0.637. The fourth-order valence-electron chi connectivity index (χ4n) is 2.43. The van der Waals surface area contributed by atoms with Crippen LogP contribution in [0, 0.1) is 5.92 Å². The number of piperidine rings is 1. The van der Waals surface area contributed by atoms with Gasteiger partial charge < -0.3 is 5.73 Å². The van der Waals surface area contributed by atoms with Gasteiger partial charge in [-0.25, -0.2) is 4.98 Å². The minimum absolute atomic E-state index is 0.262. The van der Waals surface area contributed by atoms with E-state index in [1.807, 2.05) is 0 Å². The molecule has 1 fully saturated rings. The molecule has 1 saturated heterocycles. The topological polar surface area (TPSA) is 42.1 Å². The molecule has 1 aromatic rings. The van der Waals surface area contributed by atoms with Crippen LogP contribution in [-0.4, -0.2) is 29.0 Å². The van der Waals surface area contributed by atoms with Crippen LogP contribution < -0.4 is 5.73 Å². The molecular formula is C12H17Cl2N3. The molecule has 3 nitrogen and oxygen atoms in total. The molecule has 2 unspecified atom stereocenters. The second-order valence-electron chi connectivity index (χ2n) is 4.89. The summed E-state index contributed by atoms with van der Waals surface area (Å²) in [6.45, 7) is 5.00. The second kappa shape index (κ2) is 5.53. The molecule has 17 heavy (non-hydrogen) atoms. The number of halogens is 2. The lowest BCUT2D eigenvalue weighted by atomic mass is 9.96. The molecule has 0 aromatic carbocycles. The van der Waals surface area contributed by atoms with E-state index in [1.54, 1.807) is 12.3 Å². The van der Waals surface area contributed by atoms with E-state index in [1.165, 1.54) is 0 Å². The highest BCUT2D eigenvalue weighted by atomic mass is 35.5. The van der Waals surface area contributed by atoms with E-state index in [0.29, 0.717) is 16.1 Å². The van der Waals surface area contributed by atoms with Crippen molar-refractivity contribution in [3.05, 3.63) is 28.0 Å². The predicted molar refractivity (Wildman–Crippen MR) is 71.3 cm³/mol. The number of likely N-dealkylation sites (tertiary alicyclic amines) is 1. The fourth-order valence-corrected chi connectivity index (χ4v) is 2.86. The van der Waals surface area contributed by atoms with Crippen LogP contribution >= 0.6 is 23.2 Å². The molecule has 0 radical (unpaired) electrons. The summed E-state index contributed by atoms with van der Waals surface area (Å²) in [5, 5.41) is 1.11. The Hall–Kier alpha value is -0.350. The first-order chi connectivity index (χ1) is 8.04. The van der Waals surface area contributed by atoms with E-state index in [9.17, 15) is 0 Å². The Balaban J connectivity index is 2.04. The molecule has 0 saturated carbocycles. The third-order valence-electron chi connectivity index (χ3n) is 3.06. The zero-order chi connectivity index (χ0) is 12.4. The van der Waals surface area contributed by atoms with E-state index < -0.39 is 0 Å². The first-order valence-electron chi connectivity index (χ1n) is 5.82. The second-order valence-corrected chi connectivity index (χ2v) is 5.69. The number of nitrogens with zero attached hydrogens (tertiary/aromatic N) is 2. The molecule has 5 heteroatoms. The van der Waals surface area contributed by atoms with Gasteiger partial charge in [-0.15, -0.1) is 0 Å². The number of pyridine rings is 1. The number of rotatable bonds is 2. The van der Waals surface area contributed by atoms with Crippen LogP contribution in [0.1, 0.15) is 18.9 Å². The zero-order valence-electron chi connectivity index (χ0n) is 9.87. The highest BCUT2D eigenvalue weighted by Crippen LogP contribution is 2.22. The molecule has 94 valence electrons. The van der Waals surface area contributed by atoms with Crippen molar-refractivity contribution < 1.29 is 0 Å². The van der Waals surface area contributed by atoms with Crippen molar-refractivity contribution in [2.75, 3.05) is 13.1 Å². The van der Waals surface area contributed by atoms with Crippen LogP contribution in [0.2, 0.25) is 10.2 Å². The van der Waals surface area contributed by atoms with Gasteiger partial charge in [0.2, 0.25) is 0 Å². The van der Waals surface area contributed by atoms with Gasteiger partial charge in [-0.1, -0.05) is 30.1 Å². The Morgan fingerprint density at radius 1 is 1.47 bits per heavy atom. The number of nitrogens with two attached hydrogens (primary N) is 1. The highest BCUT2D eigenvalue weighted by Gasteiger charge is 2.22. The summed E-state index contributed by atoms with van der Waals surface area (Å²) in [5.41, 5.74) is 7.03. The van der Waals surface area contributed by atoms with Crippen molar-refractivity contribution in [1.82, 2.24) is 9.88 Å². The Labute approximate surface area is 112 Å². The lowest BCUT2D eigenvalue weighted by molar-refractivity contribution is 0.158. The summed E-state index contributed by atoms with van der Waals surface area (Å²) in [6.07, 6.45) is 2.85. The smallest absolute Gasteiger partial charge is 0.130 e. The number of hydrogen-bond acceptors (Lipinski definition) is 3. The molecule has 2 heterocycles. The van der Waals surface area contributed by atoms with Crippen LogP contribution in [0.3, 0.4) is 0 Å². The van der Waals surface area contributed by atoms with Crippen molar-refractivity contribution in [1.29, 1.82) is 0 Å². The van der Waals surface area contributed by atoms with Gasteiger partial charge in [0, 0.05) is 42.5 Å². The molecule has 0 bridgehead atoms. The van der Waals surface area contributed by atoms with Gasteiger partial charge in [0.05, 0.1) is 0 Å². The van der Waals surface area contributed by atoms with Gasteiger partial charge in [0.1, 0.15) is 5.15 Å². The Morgan fingerprint density at radius 3 is 2.88 bits per heavy atom. The first-order valence-corrected chi connectivity index (χ1v) is 6.58. The van der Waals surface area contributed by atoms with Crippen LogP contribution in [-0.2, 0) is 6.54 Å². The predicted octanol–water partition coefficient (Wildman–Crippen LogP) is 2.56. The quantitative estimate of drug-likeness (QED) is 0.843. The standard InChI is InChI=1S/C12H17Cl2N3/c1-8-2-10(15)7-17(5-8)6-9-4-16-12(14)3-11(9)13/h3-4,8,10H,2,5-7,15H2,1H3. The summed E-state index contributed by atoms with van der Waals surface area (Å²) in [4.78, 5) is 6.40. The van der Waals surface area contributed by atoms with Gasteiger partial charge in [0.25, 0.3) is 0 Å². The lowest BCUT2D eigenvalue weighted by Crippen LogP contribution is -2.45. The Kier molecular flexibility index (Phi) is 4.26. The van der Waals surface area contributed by atoms with Crippen LogP contribution in [0.4, 0.5) is 0 Å². The highest BCUT2D eigenvalue weighted by molar-refractivity contribution is 6.34. The molecule has 1 aliphatic rings. The summed E-state index contributed by atoms with van der Waals surface area (Å²) in [6, 6.07) is 1.95. The number of aromatic nitrogens is 1. The Bertz CT molecular complexity index is 387. The molecular weight excluding hydrogens is 257 g/mol. The lowest BCUT2D eigenvalue weighted by Gasteiger charge is -2.34.